The number of hydrogen-bond acceptors (Lipinski definition) is 5. The van der Waals surface area contributed by atoms with Crippen LogP contribution in [0.2, 0.25) is 0 Å². The van der Waals surface area contributed by atoms with Crippen LogP contribution in [0.1, 0.15) is 37.7 Å². The molecule has 2 saturated heterocycles. The van der Waals surface area contributed by atoms with Crippen molar-refractivity contribution in [3.63, 3.8) is 0 Å². The first-order valence-corrected chi connectivity index (χ1v) is 9.53. The predicted molar refractivity (Wildman–Crippen MR) is 101 cm³/mol. The van der Waals surface area contributed by atoms with Crippen molar-refractivity contribution in [1.29, 1.82) is 0 Å². The van der Waals surface area contributed by atoms with Crippen LogP contribution in [0.4, 0.5) is 11.4 Å². The summed E-state index contributed by atoms with van der Waals surface area (Å²) in [5, 5.41) is 13.7. The minimum absolute atomic E-state index is 0.0593. The second-order valence-corrected chi connectivity index (χ2v) is 7.32. The first kappa shape index (κ1) is 19.3. The van der Waals surface area contributed by atoms with E-state index in [4.69, 9.17) is 0 Å². The third-order valence-electron chi connectivity index (χ3n) is 5.37. The topological polar surface area (TPSA) is 95.8 Å². The minimum Gasteiger partial charge on any atom is -0.341 e. The second kappa shape index (κ2) is 8.47. The van der Waals surface area contributed by atoms with Gasteiger partial charge in [0, 0.05) is 25.2 Å². The molecular formula is C19H26N4O4. The van der Waals surface area contributed by atoms with Crippen molar-refractivity contribution >= 4 is 23.2 Å². The molecule has 1 atom stereocenters. The quantitative estimate of drug-likeness (QED) is 0.630. The number of piperidine rings is 1. The Bertz CT molecular complexity index is 730. The number of carbonyl (C=O) groups excluding carboxylic acids is 2. The van der Waals surface area contributed by atoms with Gasteiger partial charge in [0.2, 0.25) is 11.8 Å². The van der Waals surface area contributed by atoms with Gasteiger partial charge in [-0.3, -0.25) is 24.6 Å². The summed E-state index contributed by atoms with van der Waals surface area (Å²) in [6.45, 7) is 4.24. The van der Waals surface area contributed by atoms with Gasteiger partial charge in [-0.15, -0.1) is 0 Å². The fourth-order valence-corrected chi connectivity index (χ4v) is 3.84. The fourth-order valence-electron chi connectivity index (χ4n) is 3.84. The Morgan fingerprint density at radius 2 is 1.89 bits per heavy atom. The summed E-state index contributed by atoms with van der Waals surface area (Å²) in [7, 11) is 0. The third-order valence-corrected chi connectivity index (χ3v) is 5.37. The average molecular weight is 374 g/mol. The molecule has 0 aromatic heterocycles. The summed E-state index contributed by atoms with van der Waals surface area (Å²) in [5.74, 6) is -0.119. The molecule has 2 aliphatic heterocycles. The number of amides is 2. The van der Waals surface area contributed by atoms with Crippen molar-refractivity contribution in [1.82, 2.24) is 9.80 Å². The number of nitrogens with one attached hydrogen (secondary N) is 1. The molecule has 1 N–H and O–H groups in total. The minimum atomic E-state index is -0.482. The van der Waals surface area contributed by atoms with Gasteiger partial charge in [-0.25, -0.2) is 0 Å². The number of likely N-dealkylation sites (tertiary alicyclic amines) is 2. The highest BCUT2D eigenvalue weighted by Crippen LogP contribution is 2.23. The molecular weight excluding hydrogens is 348 g/mol. The Labute approximate surface area is 158 Å². The standard InChI is InChI=1S/C19H26N4O4/c1-14-7-8-15(23(26)27)12-16(14)20-18(24)13-22-11-3-2-6-17(22)19(25)21-9-4-5-10-21/h7-8,12,17H,2-6,9-11,13H2,1H3,(H,20,24). The maximum atomic E-state index is 12.8. The molecule has 0 bridgehead atoms. The van der Waals surface area contributed by atoms with Gasteiger partial charge in [0.05, 0.1) is 23.2 Å². The zero-order valence-corrected chi connectivity index (χ0v) is 15.6. The Morgan fingerprint density at radius 3 is 2.59 bits per heavy atom. The van der Waals surface area contributed by atoms with Gasteiger partial charge >= 0.3 is 0 Å². The van der Waals surface area contributed by atoms with Gasteiger partial charge in [0.1, 0.15) is 0 Å². The molecule has 146 valence electrons. The molecule has 0 spiro atoms. The van der Waals surface area contributed by atoms with Crippen LogP contribution in [0, 0.1) is 17.0 Å². The molecule has 0 saturated carbocycles. The average Bonchev–Trinajstić information content (AvgIpc) is 3.18. The van der Waals surface area contributed by atoms with E-state index in [2.05, 4.69) is 5.32 Å². The first-order chi connectivity index (χ1) is 13.0. The zero-order valence-electron chi connectivity index (χ0n) is 15.6. The summed E-state index contributed by atoms with van der Waals surface area (Å²) in [6, 6.07) is 4.17. The van der Waals surface area contributed by atoms with Gasteiger partial charge in [-0.2, -0.15) is 0 Å². The van der Waals surface area contributed by atoms with Crippen molar-refractivity contribution in [3.05, 3.63) is 33.9 Å². The molecule has 1 unspecified atom stereocenters. The number of nitrogens with zero attached hydrogens (tertiary/aromatic N) is 3. The molecule has 2 fully saturated rings. The van der Waals surface area contributed by atoms with E-state index >= 15 is 0 Å². The normalized spacial score (nSPS) is 20.5. The van der Waals surface area contributed by atoms with E-state index < -0.39 is 4.92 Å². The highest BCUT2D eigenvalue weighted by molar-refractivity contribution is 5.94. The Balaban J connectivity index is 1.65. The van der Waals surface area contributed by atoms with Crippen LogP contribution in [-0.2, 0) is 9.59 Å². The van der Waals surface area contributed by atoms with E-state index in [9.17, 15) is 19.7 Å². The van der Waals surface area contributed by atoms with E-state index in [-0.39, 0.29) is 30.1 Å². The number of hydrogen-bond donors (Lipinski definition) is 1. The molecule has 1 aromatic carbocycles. The molecule has 0 radical (unpaired) electrons. The number of benzene rings is 1. The summed E-state index contributed by atoms with van der Waals surface area (Å²) < 4.78 is 0. The maximum absolute atomic E-state index is 12.8. The van der Waals surface area contributed by atoms with Crippen molar-refractivity contribution in [3.8, 4) is 0 Å². The predicted octanol–water partition coefficient (Wildman–Crippen LogP) is 2.32. The van der Waals surface area contributed by atoms with E-state index in [0.717, 1.165) is 50.8 Å². The Hall–Kier alpha value is -2.48. The molecule has 8 nitrogen and oxygen atoms in total. The Kier molecular flexibility index (Phi) is 6.05. The molecule has 8 heteroatoms. The van der Waals surface area contributed by atoms with E-state index in [1.807, 2.05) is 9.80 Å². The molecule has 27 heavy (non-hydrogen) atoms. The summed E-state index contributed by atoms with van der Waals surface area (Å²) in [5.41, 5.74) is 1.14. The summed E-state index contributed by atoms with van der Waals surface area (Å²) in [4.78, 5) is 39.7. The van der Waals surface area contributed by atoms with E-state index in [1.165, 1.54) is 12.1 Å². The highest BCUT2D eigenvalue weighted by atomic mass is 16.6. The lowest BCUT2D eigenvalue weighted by atomic mass is 10.0. The smallest absolute Gasteiger partial charge is 0.271 e. The number of nitro benzene ring substituents is 1. The molecule has 1 aromatic rings. The van der Waals surface area contributed by atoms with Crippen molar-refractivity contribution in [2.45, 2.75) is 45.1 Å². The van der Waals surface area contributed by atoms with E-state index in [0.29, 0.717) is 12.2 Å². The number of anilines is 1. The number of aryl methyl sites for hydroxylation is 1. The van der Waals surface area contributed by atoms with Gasteiger partial charge < -0.3 is 10.2 Å². The molecule has 2 heterocycles. The fraction of sp³-hybridized carbons (Fsp3) is 0.579. The van der Waals surface area contributed by atoms with Crippen LogP contribution in [0.25, 0.3) is 0 Å². The highest BCUT2D eigenvalue weighted by Gasteiger charge is 2.33. The van der Waals surface area contributed by atoms with Crippen LogP contribution >= 0.6 is 0 Å². The lowest BCUT2D eigenvalue weighted by Gasteiger charge is -2.36. The third kappa shape index (κ3) is 4.63. The van der Waals surface area contributed by atoms with Crippen LogP contribution in [0.3, 0.4) is 0 Å². The summed E-state index contributed by atoms with van der Waals surface area (Å²) >= 11 is 0. The largest absolute Gasteiger partial charge is 0.341 e. The molecule has 3 rings (SSSR count). The Morgan fingerprint density at radius 1 is 1.19 bits per heavy atom. The second-order valence-electron chi connectivity index (χ2n) is 7.32. The van der Waals surface area contributed by atoms with Crippen LogP contribution < -0.4 is 5.32 Å². The van der Waals surface area contributed by atoms with Crippen molar-refractivity contribution in [2.75, 3.05) is 31.5 Å². The molecule has 2 amide bonds. The zero-order chi connectivity index (χ0) is 19.4. The van der Waals surface area contributed by atoms with E-state index in [1.54, 1.807) is 13.0 Å². The first-order valence-electron chi connectivity index (χ1n) is 9.53. The number of nitro groups is 1. The van der Waals surface area contributed by atoms with Gasteiger partial charge in [-0.1, -0.05) is 12.5 Å². The number of rotatable bonds is 5. The van der Waals surface area contributed by atoms with Gasteiger partial charge in [-0.05, 0) is 44.7 Å². The van der Waals surface area contributed by atoms with Gasteiger partial charge in [0.25, 0.3) is 5.69 Å². The number of carbonyl (C=O) groups is 2. The van der Waals surface area contributed by atoms with Crippen molar-refractivity contribution < 1.29 is 14.5 Å². The molecule has 0 aliphatic carbocycles. The monoisotopic (exact) mass is 374 g/mol. The number of non-ortho nitro benzene ring substituents is 1. The lowest BCUT2D eigenvalue weighted by molar-refractivity contribution is -0.384. The van der Waals surface area contributed by atoms with Crippen LogP contribution in [0.5, 0.6) is 0 Å². The maximum Gasteiger partial charge on any atom is 0.271 e. The summed E-state index contributed by atoms with van der Waals surface area (Å²) in [6.07, 6.45) is 4.83. The molecule has 2 aliphatic rings. The van der Waals surface area contributed by atoms with Crippen molar-refractivity contribution in [2.24, 2.45) is 0 Å². The van der Waals surface area contributed by atoms with Crippen LogP contribution in [0.15, 0.2) is 18.2 Å². The SMILES string of the molecule is Cc1ccc([N+](=O)[O-])cc1NC(=O)CN1CCCCC1C(=O)N1CCCC1. The lowest BCUT2D eigenvalue weighted by Crippen LogP contribution is -2.52. The van der Waals surface area contributed by atoms with Gasteiger partial charge in [0.15, 0.2) is 0 Å². The van der Waals surface area contributed by atoms with Crippen LogP contribution in [-0.4, -0.2) is 58.8 Å².